The van der Waals surface area contributed by atoms with E-state index in [4.69, 9.17) is 17.0 Å². The molecule has 0 radical (unpaired) electrons. The molecule has 3 aromatic rings. The van der Waals surface area contributed by atoms with Crippen LogP contribution in [0.15, 0.2) is 70.0 Å². The number of hydrogen-bond acceptors (Lipinski definition) is 6. The molecule has 0 aliphatic carbocycles. The predicted octanol–water partition coefficient (Wildman–Crippen LogP) is 7.71. The topological polar surface area (TPSA) is 72.7 Å². The number of benzene rings is 3. The van der Waals surface area contributed by atoms with Gasteiger partial charge in [-0.15, -0.1) is 0 Å². The molecule has 1 heterocycles. The van der Waals surface area contributed by atoms with Gasteiger partial charge in [0.05, 0.1) is 25.6 Å². The van der Waals surface area contributed by atoms with Crippen LogP contribution in [0.5, 0.6) is 11.5 Å². The Bertz CT molecular complexity index is 1450. The van der Waals surface area contributed by atoms with Crippen LogP contribution in [0.2, 0.25) is 0 Å². The molecule has 0 atom stereocenters. The minimum Gasteiger partial charge on any atom is -0.449 e. The minimum absolute atomic E-state index is 0.0994. The Morgan fingerprint density at radius 2 is 1.81 bits per heavy atom. The quantitative estimate of drug-likeness (QED) is 0.0984. The van der Waals surface area contributed by atoms with Gasteiger partial charge in [0.15, 0.2) is 4.32 Å². The molecule has 1 saturated heterocycles. The van der Waals surface area contributed by atoms with Gasteiger partial charge in [0, 0.05) is 6.07 Å². The average Bonchev–Trinajstić information content (AvgIpc) is 3.07. The summed E-state index contributed by atoms with van der Waals surface area (Å²) in [6.45, 7) is 0. The number of nitro groups is 1. The summed E-state index contributed by atoms with van der Waals surface area (Å²) in [6, 6.07) is 12.0. The SMILES string of the molecule is O=C1/C(=C/c2ccc(Oc3ccc(C(F)(F)F)cc3[N+](=O)[O-])c(Br)c2)SC(=S)N1c1cccc(F)c1. The van der Waals surface area contributed by atoms with E-state index < -0.39 is 34.1 Å². The number of hydrogen-bond donors (Lipinski definition) is 0. The fourth-order valence-corrected chi connectivity index (χ4v) is 4.96. The lowest BCUT2D eigenvalue weighted by Gasteiger charge is -2.14. The number of nitro benzene ring substituents is 1. The molecule has 0 unspecified atom stereocenters. The maximum absolute atomic E-state index is 13.6. The van der Waals surface area contributed by atoms with Gasteiger partial charge in [0.1, 0.15) is 11.6 Å². The third-order valence-corrected chi connectivity index (χ3v) is 6.74. The summed E-state index contributed by atoms with van der Waals surface area (Å²) in [6.07, 6.45) is -3.20. The normalized spacial score (nSPS) is 15.0. The first-order valence-corrected chi connectivity index (χ1v) is 11.8. The van der Waals surface area contributed by atoms with Crippen LogP contribution in [-0.4, -0.2) is 15.2 Å². The van der Waals surface area contributed by atoms with E-state index in [2.05, 4.69) is 15.9 Å². The summed E-state index contributed by atoms with van der Waals surface area (Å²) < 4.78 is 58.4. The highest BCUT2D eigenvalue weighted by atomic mass is 79.9. The van der Waals surface area contributed by atoms with E-state index >= 15 is 0 Å². The zero-order valence-corrected chi connectivity index (χ0v) is 20.8. The van der Waals surface area contributed by atoms with Crippen molar-refractivity contribution in [3.8, 4) is 11.5 Å². The first-order chi connectivity index (χ1) is 16.9. The maximum Gasteiger partial charge on any atom is 0.416 e. The molecule has 0 bridgehead atoms. The van der Waals surface area contributed by atoms with Gasteiger partial charge in [-0.3, -0.25) is 19.8 Å². The van der Waals surface area contributed by atoms with E-state index in [-0.39, 0.29) is 20.7 Å². The van der Waals surface area contributed by atoms with E-state index in [9.17, 15) is 32.5 Å². The molecule has 36 heavy (non-hydrogen) atoms. The van der Waals surface area contributed by atoms with Crippen molar-refractivity contribution in [3.05, 3.63) is 97.1 Å². The Morgan fingerprint density at radius 3 is 2.44 bits per heavy atom. The van der Waals surface area contributed by atoms with Crippen molar-refractivity contribution in [1.82, 2.24) is 0 Å². The van der Waals surface area contributed by atoms with Crippen molar-refractivity contribution in [2.45, 2.75) is 6.18 Å². The van der Waals surface area contributed by atoms with Gasteiger partial charge in [0.2, 0.25) is 5.75 Å². The minimum atomic E-state index is -4.75. The Labute approximate surface area is 218 Å². The monoisotopic (exact) mass is 598 g/mol. The lowest BCUT2D eigenvalue weighted by molar-refractivity contribution is -0.385. The Kier molecular flexibility index (Phi) is 7.16. The average molecular weight is 599 g/mol. The van der Waals surface area contributed by atoms with E-state index in [1.165, 1.54) is 29.2 Å². The summed E-state index contributed by atoms with van der Waals surface area (Å²) in [5.74, 6) is -1.23. The van der Waals surface area contributed by atoms with Gasteiger partial charge in [-0.25, -0.2) is 4.39 Å². The van der Waals surface area contributed by atoms with Crippen LogP contribution in [0.1, 0.15) is 11.1 Å². The number of carbonyl (C=O) groups is 1. The highest BCUT2D eigenvalue weighted by molar-refractivity contribution is 9.10. The first-order valence-electron chi connectivity index (χ1n) is 9.80. The fourth-order valence-electron chi connectivity index (χ4n) is 3.19. The second kappa shape index (κ2) is 9.99. The standard InChI is InChI=1S/C23H11BrF4N2O4S2/c24-16-8-12(9-20-21(31)29(22(35)36-20)15-3-1-2-14(25)11-15)4-6-18(16)34-19-7-5-13(23(26,27)28)10-17(19)30(32)33/h1-11H/b20-9-. The number of halogens is 5. The number of thioether (sulfide) groups is 1. The van der Waals surface area contributed by atoms with Crippen molar-refractivity contribution in [1.29, 1.82) is 0 Å². The predicted molar refractivity (Wildman–Crippen MR) is 134 cm³/mol. The van der Waals surface area contributed by atoms with Crippen molar-refractivity contribution in [2.24, 2.45) is 0 Å². The van der Waals surface area contributed by atoms with Gasteiger partial charge in [0.25, 0.3) is 5.91 Å². The molecule has 0 N–H and O–H groups in total. The zero-order chi connectivity index (χ0) is 26.2. The largest absolute Gasteiger partial charge is 0.449 e. The Hall–Kier alpha value is -3.29. The molecule has 0 spiro atoms. The Balaban J connectivity index is 1.59. The number of alkyl halides is 3. The summed E-state index contributed by atoms with van der Waals surface area (Å²) in [4.78, 5) is 24.7. The molecule has 1 amide bonds. The number of ether oxygens (including phenoxy) is 1. The number of anilines is 1. The van der Waals surface area contributed by atoms with Crippen LogP contribution in [0, 0.1) is 15.9 Å². The molecule has 6 nitrogen and oxygen atoms in total. The van der Waals surface area contributed by atoms with Gasteiger partial charge in [-0.1, -0.05) is 36.1 Å². The molecule has 3 aromatic carbocycles. The molecule has 1 aliphatic heterocycles. The van der Waals surface area contributed by atoms with Crippen molar-refractivity contribution < 1.29 is 32.0 Å². The van der Waals surface area contributed by atoms with E-state index in [1.54, 1.807) is 24.3 Å². The summed E-state index contributed by atoms with van der Waals surface area (Å²) in [5, 5.41) is 11.3. The lowest BCUT2D eigenvalue weighted by Crippen LogP contribution is -2.27. The number of amides is 1. The van der Waals surface area contributed by atoms with Gasteiger partial charge < -0.3 is 4.74 Å². The zero-order valence-electron chi connectivity index (χ0n) is 17.6. The Morgan fingerprint density at radius 1 is 1.08 bits per heavy atom. The number of rotatable bonds is 5. The van der Waals surface area contributed by atoms with Crippen molar-refractivity contribution in [3.63, 3.8) is 0 Å². The first kappa shape index (κ1) is 25.8. The van der Waals surface area contributed by atoms with Crippen LogP contribution in [0.25, 0.3) is 6.08 Å². The third-order valence-electron chi connectivity index (χ3n) is 4.82. The van der Waals surface area contributed by atoms with E-state index in [0.29, 0.717) is 27.9 Å². The second-order valence-corrected chi connectivity index (χ2v) is 9.76. The van der Waals surface area contributed by atoms with Gasteiger partial charge >= 0.3 is 11.9 Å². The molecule has 0 saturated carbocycles. The maximum atomic E-state index is 13.6. The molecule has 1 fully saturated rings. The number of thiocarbonyl (C=S) groups is 1. The lowest BCUT2D eigenvalue weighted by atomic mass is 10.1. The smallest absolute Gasteiger partial charge is 0.416 e. The number of nitrogens with zero attached hydrogens (tertiary/aromatic N) is 2. The fraction of sp³-hybridized carbons (Fsp3) is 0.0435. The molecule has 184 valence electrons. The van der Waals surface area contributed by atoms with Crippen LogP contribution >= 0.6 is 39.9 Å². The van der Waals surface area contributed by atoms with Gasteiger partial charge in [-0.2, -0.15) is 13.2 Å². The molecular weight excluding hydrogens is 588 g/mol. The highest BCUT2D eigenvalue weighted by Crippen LogP contribution is 2.40. The van der Waals surface area contributed by atoms with Crippen LogP contribution in [0.4, 0.5) is 28.9 Å². The second-order valence-electron chi connectivity index (χ2n) is 7.23. The van der Waals surface area contributed by atoms with Crippen LogP contribution in [-0.2, 0) is 11.0 Å². The van der Waals surface area contributed by atoms with Crippen molar-refractivity contribution in [2.75, 3.05) is 4.90 Å². The summed E-state index contributed by atoms with van der Waals surface area (Å²) >= 11 is 9.57. The third kappa shape index (κ3) is 5.42. The number of carbonyl (C=O) groups excluding carboxylic acids is 1. The highest BCUT2D eigenvalue weighted by Gasteiger charge is 2.34. The van der Waals surface area contributed by atoms with Crippen LogP contribution < -0.4 is 9.64 Å². The summed E-state index contributed by atoms with van der Waals surface area (Å²) in [5.41, 5.74) is -1.19. The molecule has 1 aliphatic rings. The molecular formula is C23H11BrF4N2O4S2. The van der Waals surface area contributed by atoms with Crippen molar-refractivity contribution >= 4 is 67.6 Å². The van der Waals surface area contributed by atoms with Crippen LogP contribution in [0.3, 0.4) is 0 Å². The van der Waals surface area contributed by atoms with Gasteiger partial charge in [-0.05, 0) is 70.0 Å². The van der Waals surface area contributed by atoms with E-state index in [1.807, 2.05) is 0 Å². The summed E-state index contributed by atoms with van der Waals surface area (Å²) in [7, 11) is 0. The molecule has 13 heteroatoms. The van der Waals surface area contributed by atoms with E-state index in [0.717, 1.165) is 17.8 Å². The molecule has 4 rings (SSSR count). The molecule has 0 aromatic heterocycles.